The summed E-state index contributed by atoms with van der Waals surface area (Å²) in [7, 11) is 0. The number of hydrogen-bond donors (Lipinski definition) is 3. The average Bonchev–Trinajstić information content (AvgIpc) is 3.15. The number of likely N-dealkylation sites (tertiary alicyclic amines) is 1. The summed E-state index contributed by atoms with van der Waals surface area (Å²) in [5.74, 6) is -0.621. The van der Waals surface area contributed by atoms with Crippen LogP contribution in [-0.2, 0) is 20.8 Å². The summed E-state index contributed by atoms with van der Waals surface area (Å²) < 4.78 is 0. The lowest BCUT2D eigenvalue weighted by atomic mass is 10.0. The lowest BCUT2D eigenvalue weighted by Gasteiger charge is -2.29. The highest BCUT2D eigenvalue weighted by Gasteiger charge is 2.37. The van der Waals surface area contributed by atoms with Gasteiger partial charge in [-0.1, -0.05) is 30.3 Å². The lowest BCUT2D eigenvalue weighted by molar-refractivity contribution is -0.141. The zero-order chi connectivity index (χ0) is 20.5. The van der Waals surface area contributed by atoms with Crippen molar-refractivity contribution in [3.8, 4) is 0 Å². The number of rotatable bonds is 9. The van der Waals surface area contributed by atoms with Crippen LogP contribution in [-0.4, -0.2) is 79.9 Å². The van der Waals surface area contributed by atoms with Gasteiger partial charge in [0.05, 0.1) is 0 Å². The fraction of sp³-hybridized carbons (Fsp3) is 0.550. The van der Waals surface area contributed by atoms with Gasteiger partial charge >= 0.3 is 0 Å². The van der Waals surface area contributed by atoms with Gasteiger partial charge in [-0.2, -0.15) is 0 Å². The number of nitrogens with zero attached hydrogens (tertiary/aromatic N) is 1. The Hall–Kier alpha value is -1.96. The minimum atomic E-state index is -0.683. The van der Waals surface area contributed by atoms with Crippen LogP contribution in [0.15, 0.2) is 30.3 Å². The van der Waals surface area contributed by atoms with E-state index in [4.69, 9.17) is 5.73 Å². The second-order valence-corrected chi connectivity index (χ2v) is 7.98. The number of amides is 3. The van der Waals surface area contributed by atoms with Gasteiger partial charge in [-0.25, -0.2) is 0 Å². The molecule has 166 valence electrons. The lowest BCUT2D eigenvalue weighted by Crippen LogP contribution is -2.55. The maximum Gasteiger partial charge on any atom is 0.246 e. The normalized spacial score (nSPS) is 17.1. The van der Waals surface area contributed by atoms with Crippen molar-refractivity contribution in [3.05, 3.63) is 35.9 Å². The van der Waals surface area contributed by atoms with Crippen LogP contribution in [0.5, 0.6) is 0 Å². The van der Waals surface area contributed by atoms with Gasteiger partial charge in [-0.05, 0) is 42.7 Å². The minimum Gasteiger partial charge on any atom is -0.412 e. The standard InChI is InChI=1S/C20H29N4O3.Al.2H2O/c1-15(25)23-17(14-16-8-3-2-4-9-16)20(27)24-13-7-10-18(24)19(26)22-12-6-5-11-21;;;/h2-4,8-9,12,17-18H,5-7,10-11,13-14,21H2,1H3,(H,22,26)(H,23,25);;2*1H2/t17-,18+;;;/m1.../s1. The molecule has 10 heteroatoms. The Morgan fingerprint density at radius 1 is 1.20 bits per heavy atom. The van der Waals surface area contributed by atoms with Crippen molar-refractivity contribution in [2.24, 2.45) is 5.73 Å². The van der Waals surface area contributed by atoms with E-state index < -0.39 is 12.1 Å². The molecule has 3 amide bonds. The zero-order valence-electron chi connectivity index (χ0n) is 17.4. The quantitative estimate of drug-likeness (QED) is 0.398. The highest BCUT2D eigenvalue weighted by molar-refractivity contribution is 6.13. The summed E-state index contributed by atoms with van der Waals surface area (Å²) in [5.41, 5.74) is 6.48. The molecule has 9 nitrogen and oxygen atoms in total. The van der Waals surface area contributed by atoms with E-state index in [-0.39, 0.29) is 33.6 Å². The zero-order valence-corrected chi connectivity index (χ0v) is 18.5. The molecule has 2 radical (unpaired) electrons. The van der Waals surface area contributed by atoms with Crippen molar-refractivity contribution in [1.29, 1.82) is 0 Å². The second-order valence-electron chi connectivity index (χ2n) is 7.18. The Balaban J connectivity index is 0.00000420. The first-order valence-corrected chi connectivity index (χ1v) is 10.5. The minimum absolute atomic E-state index is 0. The number of carbonyl (C=O) groups excluding carboxylic acids is 3. The van der Waals surface area contributed by atoms with Gasteiger partial charge in [-0.3, -0.25) is 14.4 Å². The van der Waals surface area contributed by atoms with Crippen molar-refractivity contribution in [1.82, 2.24) is 15.5 Å². The van der Waals surface area contributed by atoms with Crippen LogP contribution in [0.4, 0.5) is 0 Å². The number of nitrogens with two attached hydrogens (primary N) is 1. The van der Waals surface area contributed by atoms with Gasteiger partial charge in [0.15, 0.2) is 16.3 Å². The molecule has 1 aromatic carbocycles. The predicted octanol–water partition coefficient (Wildman–Crippen LogP) is -1.57. The molecule has 0 aliphatic carbocycles. The Kier molecular flexibility index (Phi) is 13.2. The topological polar surface area (TPSA) is 168 Å². The van der Waals surface area contributed by atoms with E-state index in [1.54, 1.807) is 4.90 Å². The predicted molar refractivity (Wildman–Crippen MR) is 116 cm³/mol. The highest BCUT2D eigenvalue weighted by atomic mass is 27.0. The third-order valence-electron chi connectivity index (χ3n) is 4.84. The van der Waals surface area contributed by atoms with Crippen molar-refractivity contribution < 1.29 is 25.3 Å². The molecule has 30 heavy (non-hydrogen) atoms. The van der Waals surface area contributed by atoms with Crippen LogP contribution in [0.3, 0.4) is 0 Å². The molecule has 0 bridgehead atoms. The van der Waals surface area contributed by atoms with Gasteiger partial charge in [0, 0.05) is 19.9 Å². The van der Waals surface area contributed by atoms with Crippen molar-refractivity contribution >= 4 is 34.0 Å². The summed E-state index contributed by atoms with van der Waals surface area (Å²) in [6.07, 6.45) is 3.39. The molecule has 8 N–H and O–H groups in total. The third kappa shape index (κ3) is 8.42. The van der Waals surface area contributed by atoms with Crippen LogP contribution in [0.25, 0.3) is 0 Å². The van der Waals surface area contributed by atoms with Crippen LogP contribution < -0.4 is 16.4 Å². The molecule has 0 unspecified atom stereocenters. The van der Waals surface area contributed by atoms with E-state index in [1.807, 2.05) is 30.3 Å². The molecular formula is C20H33AlN4O5. The maximum absolute atomic E-state index is 13.2. The first-order valence-electron chi connectivity index (χ1n) is 9.80. The Bertz CT molecular complexity index is 676. The molecule has 1 aromatic rings. The summed E-state index contributed by atoms with van der Waals surface area (Å²) in [5, 5.41) is 5.71. The van der Waals surface area contributed by atoms with Crippen LogP contribution >= 0.6 is 0 Å². The van der Waals surface area contributed by atoms with E-state index in [9.17, 15) is 14.4 Å². The van der Waals surface area contributed by atoms with E-state index >= 15 is 0 Å². The molecule has 2 rings (SSSR count). The van der Waals surface area contributed by atoms with Gasteiger partial charge in [0.2, 0.25) is 17.7 Å². The van der Waals surface area contributed by atoms with Crippen molar-refractivity contribution in [2.45, 2.75) is 56.0 Å². The summed E-state index contributed by atoms with van der Waals surface area (Å²) >= 11 is 2.61. The number of hydrogen-bond acceptors (Lipinski definition) is 4. The SMILES string of the molecule is CC(=O)N[C@H](Cc1ccccc1)C(=O)N1CCC[C@H]1C(=O)N[C@H]([Al])CCCN.O.O. The van der Waals surface area contributed by atoms with E-state index in [2.05, 4.69) is 26.9 Å². The monoisotopic (exact) mass is 436 g/mol. The molecule has 0 spiro atoms. The summed E-state index contributed by atoms with van der Waals surface area (Å²) in [6.45, 7) is 2.49. The largest absolute Gasteiger partial charge is 0.412 e. The molecule has 1 aliphatic rings. The Morgan fingerprint density at radius 2 is 1.87 bits per heavy atom. The maximum atomic E-state index is 13.2. The van der Waals surface area contributed by atoms with Crippen LogP contribution in [0.1, 0.15) is 38.2 Å². The van der Waals surface area contributed by atoms with E-state index in [0.29, 0.717) is 25.9 Å². The van der Waals surface area contributed by atoms with Gasteiger partial charge in [-0.15, -0.1) is 0 Å². The number of benzene rings is 1. The summed E-state index contributed by atoms with van der Waals surface area (Å²) in [4.78, 5) is 39.1. The Morgan fingerprint density at radius 3 is 2.47 bits per heavy atom. The summed E-state index contributed by atoms with van der Waals surface area (Å²) in [6, 6.07) is 8.37. The van der Waals surface area contributed by atoms with Gasteiger partial charge in [0.1, 0.15) is 12.1 Å². The fourth-order valence-electron chi connectivity index (χ4n) is 3.49. The molecule has 0 aromatic heterocycles. The van der Waals surface area contributed by atoms with Crippen molar-refractivity contribution in [2.75, 3.05) is 13.1 Å². The smallest absolute Gasteiger partial charge is 0.246 e. The fourth-order valence-corrected chi connectivity index (χ4v) is 3.89. The molecule has 1 fully saturated rings. The second kappa shape index (κ2) is 14.1. The van der Waals surface area contributed by atoms with E-state index in [1.165, 1.54) is 6.92 Å². The molecule has 1 saturated heterocycles. The van der Waals surface area contributed by atoms with Crippen LogP contribution in [0, 0.1) is 0 Å². The van der Waals surface area contributed by atoms with Gasteiger partial charge < -0.3 is 32.2 Å². The first-order chi connectivity index (χ1) is 13.4. The number of carbonyl (C=O) groups is 3. The first kappa shape index (κ1) is 28.0. The third-order valence-corrected chi connectivity index (χ3v) is 5.34. The molecule has 0 saturated carbocycles. The molecule has 1 heterocycles. The van der Waals surface area contributed by atoms with E-state index in [0.717, 1.165) is 24.8 Å². The Labute approximate surface area is 185 Å². The average molecular weight is 436 g/mol. The molecule has 3 atom stereocenters. The highest BCUT2D eigenvalue weighted by Crippen LogP contribution is 2.20. The molecular weight excluding hydrogens is 403 g/mol. The number of nitrogens with one attached hydrogen (secondary N) is 2. The van der Waals surface area contributed by atoms with Gasteiger partial charge in [0.25, 0.3) is 0 Å². The van der Waals surface area contributed by atoms with Crippen molar-refractivity contribution in [3.63, 3.8) is 0 Å². The van der Waals surface area contributed by atoms with Crippen LogP contribution in [0.2, 0.25) is 0 Å². The molecule has 1 aliphatic heterocycles.